The van der Waals surface area contributed by atoms with E-state index in [9.17, 15) is 9.59 Å². The van der Waals surface area contributed by atoms with Crippen molar-refractivity contribution in [2.24, 2.45) is 0 Å². The highest BCUT2D eigenvalue weighted by atomic mass is 16.5. The molecule has 5 rings (SSSR count). The Kier molecular flexibility index (Phi) is 4.82. The lowest BCUT2D eigenvalue weighted by Gasteiger charge is -2.35. The molecule has 31 heavy (non-hydrogen) atoms. The topological polar surface area (TPSA) is 100 Å². The normalized spacial score (nSPS) is 15.6. The van der Waals surface area contributed by atoms with Crippen LogP contribution in [-0.2, 0) is 11.3 Å². The molecule has 3 heterocycles. The molecule has 0 aliphatic carbocycles. The van der Waals surface area contributed by atoms with E-state index in [1.165, 1.54) is 0 Å². The number of ether oxygens (including phenoxy) is 1. The van der Waals surface area contributed by atoms with Crippen molar-refractivity contribution in [1.82, 2.24) is 15.3 Å². The Hall–Kier alpha value is -3.81. The van der Waals surface area contributed by atoms with E-state index in [4.69, 9.17) is 9.15 Å². The molecule has 0 unspecified atom stereocenters. The molecule has 8 heteroatoms. The SMILES string of the molecule is CCCNC(=O)[C@H]1CN(Cc2nc3c(oc4ccccc43)c(=O)[nH]2)c2ccccc2O1. The highest BCUT2D eigenvalue weighted by Crippen LogP contribution is 2.34. The second-order valence-electron chi connectivity index (χ2n) is 7.53. The standard InChI is InChI=1S/C23H22N4O4/c1-2-11-24-22(28)18-12-27(15-8-4-6-10-17(15)30-18)13-19-25-20-14-7-3-5-9-16(14)31-21(20)23(29)26-19/h3-10,18H,2,11-13H2,1H3,(H,24,28)(H,25,26,29)/t18-/m1/s1. The molecular formula is C23H22N4O4. The molecule has 0 radical (unpaired) electrons. The first kappa shape index (κ1) is 19.2. The quantitative estimate of drug-likeness (QED) is 0.517. The lowest BCUT2D eigenvalue weighted by atomic mass is 10.1. The third-order valence-electron chi connectivity index (χ3n) is 5.32. The summed E-state index contributed by atoms with van der Waals surface area (Å²) in [6.07, 6.45) is 0.203. The van der Waals surface area contributed by atoms with Crippen LogP contribution in [0.2, 0.25) is 0 Å². The summed E-state index contributed by atoms with van der Waals surface area (Å²) in [5, 5.41) is 3.69. The van der Waals surface area contributed by atoms with E-state index in [0.717, 1.165) is 17.5 Å². The van der Waals surface area contributed by atoms with E-state index in [1.807, 2.05) is 60.4 Å². The fourth-order valence-corrected chi connectivity index (χ4v) is 3.86. The lowest BCUT2D eigenvalue weighted by molar-refractivity contribution is -0.127. The number of hydrogen-bond acceptors (Lipinski definition) is 6. The second-order valence-corrected chi connectivity index (χ2v) is 7.53. The van der Waals surface area contributed by atoms with Crippen molar-refractivity contribution < 1.29 is 13.9 Å². The summed E-state index contributed by atoms with van der Waals surface area (Å²) >= 11 is 0. The number of carbonyl (C=O) groups excluding carboxylic acids is 1. The predicted octanol–water partition coefficient (Wildman–Crippen LogP) is 2.96. The van der Waals surface area contributed by atoms with Gasteiger partial charge in [-0.05, 0) is 30.7 Å². The number of rotatable bonds is 5. The van der Waals surface area contributed by atoms with E-state index >= 15 is 0 Å². The molecule has 158 valence electrons. The minimum atomic E-state index is -0.647. The first-order valence-electron chi connectivity index (χ1n) is 10.3. The largest absolute Gasteiger partial charge is 0.477 e. The summed E-state index contributed by atoms with van der Waals surface area (Å²) in [5.74, 6) is 0.968. The van der Waals surface area contributed by atoms with Gasteiger partial charge in [-0.25, -0.2) is 4.98 Å². The van der Waals surface area contributed by atoms with Gasteiger partial charge >= 0.3 is 0 Å². The first-order valence-corrected chi connectivity index (χ1v) is 10.3. The van der Waals surface area contributed by atoms with Crippen LogP contribution in [0.25, 0.3) is 22.1 Å². The Morgan fingerprint density at radius 3 is 2.90 bits per heavy atom. The van der Waals surface area contributed by atoms with E-state index in [-0.39, 0.29) is 17.0 Å². The van der Waals surface area contributed by atoms with Crippen molar-refractivity contribution >= 4 is 33.7 Å². The highest BCUT2D eigenvalue weighted by Gasteiger charge is 2.31. The molecule has 0 saturated heterocycles. The van der Waals surface area contributed by atoms with Crippen LogP contribution in [0.5, 0.6) is 5.75 Å². The van der Waals surface area contributed by atoms with Gasteiger partial charge in [-0.2, -0.15) is 0 Å². The van der Waals surface area contributed by atoms with Crippen molar-refractivity contribution in [3.63, 3.8) is 0 Å². The molecule has 0 saturated carbocycles. The number of hydrogen-bond donors (Lipinski definition) is 2. The average molecular weight is 418 g/mol. The maximum Gasteiger partial charge on any atom is 0.294 e. The highest BCUT2D eigenvalue weighted by molar-refractivity contribution is 6.01. The van der Waals surface area contributed by atoms with Crippen LogP contribution in [0.1, 0.15) is 19.2 Å². The molecule has 0 spiro atoms. The molecule has 1 aliphatic heterocycles. The number of para-hydroxylation sites is 3. The monoisotopic (exact) mass is 418 g/mol. The maximum atomic E-state index is 12.7. The summed E-state index contributed by atoms with van der Waals surface area (Å²) in [7, 11) is 0. The number of carbonyl (C=O) groups is 1. The Morgan fingerprint density at radius 2 is 2.03 bits per heavy atom. The Labute approximate surface area is 177 Å². The summed E-state index contributed by atoms with van der Waals surface area (Å²) in [6.45, 7) is 3.27. The zero-order valence-electron chi connectivity index (χ0n) is 17.1. The minimum Gasteiger partial charge on any atom is -0.477 e. The molecule has 1 atom stereocenters. The Bertz CT molecular complexity index is 1330. The Morgan fingerprint density at radius 1 is 1.23 bits per heavy atom. The molecule has 8 nitrogen and oxygen atoms in total. The number of anilines is 1. The number of fused-ring (bicyclic) bond motifs is 4. The third kappa shape index (κ3) is 3.50. The smallest absolute Gasteiger partial charge is 0.294 e. The zero-order chi connectivity index (χ0) is 21.4. The van der Waals surface area contributed by atoms with Gasteiger partial charge in [0.2, 0.25) is 5.58 Å². The molecule has 2 N–H and O–H groups in total. The van der Waals surface area contributed by atoms with Crippen LogP contribution in [0.15, 0.2) is 57.7 Å². The molecule has 2 aromatic heterocycles. The third-order valence-corrected chi connectivity index (χ3v) is 5.32. The summed E-state index contributed by atoms with van der Waals surface area (Å²) < 4.78 is 11.6. The van der Waals surface area contributed by atoms with E-state index in [2.05, 4.69) is 15.3 Å². The summed E-state index contributed by atoms with van der Waals surface area (Å²) in [4.78, 5) is 34.7. The first-order chi connectivity index (χ1) is 15.1. The number of benzene rings is 2. The summed E-state index contributed by atoms with van der Waals surface area (Å²) in [6, 6.07) is 15.0. The van der Waals surface area contributed by atoms with Crippen LogP contribution in [0.3, 0.4) is 0 Å². The number of nitrogens with one attached hydrogen (secondary N) is 2. The lowest BCUT2D eigenvalue weighted by Crippen LogP contribution is -2.49. The zero-order valence-corrected chi connectivity index (χ0v) is 17.1. The minimum absolute atomic E-state index is 0.154. The number of aromatic amines is 1. The number of aromatic nitrogens is 2. The van der Waals surface area contributed by atoms with Crippen LogP contribution in [-0.4, -0.2) is 35.1 Å². The van der Waals surface area contributed by atoms with Gasteiger partial charge in [0, 0.05) is 11.9 Å². The molecule has 1 aliphatic rings. The average Bonchev–Trinajstić information content (AvgIpc) is 3.17. The van der Waals surface area contributed by atoms with Crippen molar-refractivity contribution in [2.75, 3.05) is 18.0 Å². The van der Waals surface area contributed by atoms with E-state index in [1.54, 1.807) is 0 Å². The van der Waals surface area contributed by atoms with Gasteiger partial charge in [-0.15, -0.1) is 0 Å². The van der Waals surface area contributed by atoms with Crippen LogP contribution in [0.4, 0.5) is 5.69 Å². The predicted molar refractivity (Wildman–Crippen MR) is 117 cm³/mol. The fourth-order valence-electron chi connectivity index (χ4n) is 3.86. The second kappa shape index (κ2) is 7.79. The van der Waals surface area contributed by atoms with E-state index in [0.29, 0.717) is 42.3 Å². The van der Waals surface area contributed by atoms with Gasteiger partial charge in [0.05, 0.1) is 18.8 Å². The van der Waals surface area contributed by atoms with Crippen molar-refractivity contribution in [2.45, 2.75) is 26.0 Å². The summed E-state index contributed by atoms with van der Waals surface area (Å²) in [5.41, 5.74) is 1.89. The van der Waals surface area contributed by atoms with Crippen molar-refractivity contribution in [3.05, 3.63) is 64.7 Å². The van der Waals surface area contributed by atoms with Crippen LogP contribution < -0.4 is 20.5 Å². The number of H-pyrrole nitrogens is 1. The van der Waals surface area contributed by atoms with Crippen molar-refractivity contribution in [1.29, 1.82) is 0 Å². The van der Waals surface area contributed by atoms with Gasteiger partial charge in [-0.3, -0.25) is 9.59 Å². The number of amides is 1. The van der Waals surface area contributed by atoms with Gasteiger partial charge in [0.15, 0.2) is 6.10 Å². The maximum absolute atomic E-state index is 12.7. The molecule has 1 amide bonds. The molecular weight excluding hydrogens is 396 g/mol. The van der Waals surface area contributed by atoms with Gasteiger partial charge in [0.1, 0.15) is 22.7 Å². The molecule has 0 bridgehead atoms. The number of furan rings is 1. The Balaban J connectivity index is 1.50. The van der Waals surface area contributed by atoms with E-state index < -0.39 is 6.10 Å². The van der Waals surface area contributed by atoms with Gasteiger partial charge < -0.3 is 24.4 Å². The fraction of sp³-hybridized carbons (Fsp3) is 0.261. The van der Waals surface area contributed by atoms with Crippen LogP contribution in [0, 0.1) is 0 Å². The van der Waals surface area contributed by atoms with Crippen molar-refractivity contribution in [3.8, 4) is 5.75 Å². The molecule has 0 fully saturated rings. The number of nitrogens with zero attached hydrogens (tertiary/aromatic N) is 2. The molecule has 2 aromatic carbocycles. The molecule has 4 aromatic rings. The van der Waals surface area contributed by atoms with Gasteiger partial charge in [0.25, 0.3) is 11.5 Å². The van der Waals surface area contributed by atoms with Gasteiger partial charge in [-0.1, -0.05) is 31.2 Å². The van der Waals surface area contributed by atoms with Crippen LogP contribution >= 0.6 is 0 Å².